The van der Waals surface area contributed by atoms with Gasteiger partial charge in [-0.15, -0.1) is 0 Å². The Hall–Kier alpha value is -6.27. The largest absolute Gasteiger partial charge is 0.497 e. The first-order valence-corrected chi connectivity index (χ1v) is 27.3. The van der Waals surface area contributed by atoms with Crippen LogP contribution in [0.5, 0.6) is 11.5 Å². The van der Waals surface area contributed by atoms with Crippen LogP contribution in [-0.4, -0.2) is 147 Å². The van der Waals surface area contributed by atoms with Crippen LogP contribution in [0.3, 0.4) is 0 Å². The summed E-state index contributed by atoms with van der Waals surface area (Å²) in [5, 5.41) is 0. The van der Waals surface area contributed by atoms with Crippen LogP contribution in [0.25, 0.3) is 0 Å². The Morgan fingerprint density at radius 3 is 1.78 bits per heavy atom. The van der Waals surface area contributed by atoms with Crippen molar-refractivity contribution in [2.45, 2.75) is 136 Å². The first-order chi connectivity index (χ1) is 37.6. The number of aromatic nitrogens is 2. The van der Waals surface area contributed by atoms with E-state index in [-0.39, 0.29) is 45.0 Å². The Kier molecular flexibility index (Phi) is 22.1. The lowest BCUT2D eigenvalue weighted by molar-refractivity contribution is -0.309. The van der Waals surface area contributed by atoms with E-state index >= 15 is 4.57 Å². The molecule has 3 heterocycles. The van der Waals surface area contributed by atoms with Crippen molar-refractivity contribution in [3.63, 3.8) is 0 Å². The van der Waals surface area contributed by atoms with Gasteiger partial charge in [0.05, 0.1) is 47.3 Å². The summed E-state index contributed by atoms with van der Waals surface area (Å²) in [6.45, 7) is 12.0. The number of esters is 4. The standard InChI is InChI=1S/C55H72N3O20P/c1-33(2)58(34(3)4)79(65,72-28-26-68-25-27-69-53-51(75-39(9)62)50(74-38(8)61)49(73-37(7)60)47(77-53)31-70-36(6)59)78-45-29-48(57-30-35(5)52(63)56-54(57)64)76-46(45)32-71-55(40-15-13-12-14-16-40,41-17-21-43(66-10)22-18-41)42-19-23-44(67-11)24-20-42/h12-24,30,33-34,45-51,53H,25-29,31-32H2,1-11H3,(H,56,63,64)/t45?,46-,47-,48-,49-,50+,51-,53-,79?/m1/s1. The van der Waals surface area contributed by atoms with Gasteiger partial charge < -0.3 is 52.1 Å². The van der Waals surface area contributed by atoms with Crippen molar-refractivity contribution in [2.75, 3.05) is 53.9 Å². The number of carbonyl (C=O) groups is 4. The molecule has 9 atom stereocenters. The van der Waals surface area contributed by atoms with Gasteiger partial charge in [-0.3, -0.25) is 42.6 Å². The number of H-pyrrole nitrogens is 1. The lowest BCUT2D eigenvalue weighted by Gasteiger charge is -2.44. The third kappa shape index (κ3) is 15.8. The van der Waals surface area contributed by atoms with Crippen LogP contribution in [0.4, 0.5) is 0 Å². The number of ether oxygens (including phenoxy) is 11. The molecule has 24 heteroatoms. The fourth-order valence-electron chi connectivity index (χ4n) is 9.56. The van der Waals surface area contributed by atoms with Crippen molar-refractivity contribution in [3.05, 3.63) is 128 Å². The number of carbonyl (C=O) groups excluding carboxylic acids is 4. The monoisotopic (exact) mass is 1130 g/mol. The lowest BCUT2D eigenvalue weighted by Crippen LogP contribution is -2.63. The Bertz CT molecular complexity index is 2770. The topological polar surface area (TPSA) is 263 Å². The van der Waals surface area contributed by atoms with Gasteiger partial charge in [-0.05, 0) is 75.6 Å². The van der Waals surface area contributed by atoms with Gasteiger partial charge in [-0.25, -0.2) is 14.0 Å². The van der Waals surface area contributed by atoms with Gasteiger partial charge in [0.1, 0.15) is 48.2 Å². The van der Waals surface area contributed by atoms with Crippen LogP contribution < -0.4 is 20.7 Å². The van der Waals surface area contributed by atoms with Gasteiger partial charge in [0, 0.05) is 58.0 Å². The molecule has 2 fully saturated rings. The number of nitrogens with zero attached hydrogens (tertiary/aromatic N) is 2. The van der Waals surface area contributed by atoms with Crippen molar-refractivity contribution in [3.8, 4) is 11.5 Å². The zero-order valence-corrected chi connectivity index (χ0v) is 47.2. The summed E-state index contributed by atoms with van der Waals surface area (Å²) in [4.78, 5) is 76.9. The average molecular weight is 1130 g/mol. The highest BCUT2D eigenvalue weighted by atomic mass is 31.2. The number of hydrogen-bond donors (Lipinski definition) is 1. The molecule has 1 aromatic heterocycles. The first-order valence-electron chi connectivity index (χ1n) is 25.8. The number of hydrogen-bond acceptors (Lipinski definition) is 20. The van der Waals surface area contributed by atoms with E-state index in [2.05, 4.69) is 4.98 Å². The third-order valence-corrected chi connectivity index (χ3v) is 15.4. The van der Waals surface area contributed by atoms with Gasteiger partial charge >= 0.3 is 37.3 Å². The fraction of sp³-hybridized carbons (Fsp3) is 0.527. The van der Waals surface area contributed by atoms with Gasteiger partial charge in [-0.2, -0.15) is 0 Å². The van der Waals surface area contributed by atoms with Gasteiger partial charge in [-0.1, -0.05) is 54.6 Å². The number of rotatable bonds is 27. The Balaban J connectivity index is 1.26. The van der Waals surface area contributed by atoms with E-state index in [1.807, 2.05) is 107 Å². The van der Waals surface area contributed by atoms with Crippen molar-refractivity contribution in [1.29, 1.82) is 0 Å². The van der Waals surface area contributed by atoms with E-state index < -0.39 is 116 Å². The number of methoxy groups -OCH3 is 2. The van der Waals surface area contributed by atoms with Crippen LogP contribution in [0.2, 0.25) is 0 Å². The lowest BCUT2D eigenvalue weighted by atomic mass is 9.80. The molecule has 4 aromatic rings. The van der Waals surface area contributed by atoms with Crippen LogP contribution in [0.1, 0.15) is 90.3 Å². The number of nitrogens with one attached hydrogen (secondary N) is 1. The summed E-state index contributed by atoms with van der Waals surface area (Å²) in [5.41, 5.74) is -0.127. The molecule has 2 saturated heterocycles. The molecule has 3 aromatic carbocycles. The molecule has 1 N–H and O–H groups in total. The van der Waals surface area contributed by atoms with Crippen LogP contribution in [0.15, 0.2) is 94.6 Å². The maximum atomic E-state index is 15.6. The summed E-state index contributed by atoms with van der Waals surface area (Å²) < 4.78 is 96.0. The second kappa shape index (κ2) is 28.2. The molecule has 2 unspecified atom stereocenters. The second-order valence-corrected chi connectivity index (χ2v) is 21.1. The molecular formula is C55H72N3O20P. The van der Waals surface area contributed by atoms with E-state index in [1.54, 1.807) is 25.8 Å². The number of aromatic amines is 1. The molecule has 23 nitrogen and oxygen atoms in total. The SMILES string of the molecule is COc1ccc(C(OC[C@H]2O[C@@H](n3cc(C)c(=O)[nH]c3=O)CC2OP(=O)(OCCOCCO[C@@H]2O[C@H](COC(C)=O)[C@@H](OC(C)=O)[C@H](OC(C)=O)[C@H]2OC(C)=O)N(C(C)C)C(C)C)(c2ccccc2)c2ccc(OC)cc2)cc1. The van der Waals surface area contributed by atoms with Gasteiger partial charge in [0.15, 0.2) is 24.6 Å². The summed E-state index contributed by atoms with van der Waals surface area (Å²) in [6.07, 6.45) is -8.64. The maximum Gasteiger partial charge on any atom is 0.409 e. The molecule has 0 saturated carbocycles. The van der Waals surface area contributed by atoms with Crippen molar-refractivity contribution >= 4 is 31.6 Å². The summed E-state index contributed by atoms with van der Waals surface area (Å²) in [5.74, 6) is -1.80. The zero-order valence-electron chi connectivity index (χ0n) is 46.3. The average Bonchev–Trinajstić information content (AvgIpc) is 3.85. The predicted molar refractivity (Wildman–Crippen MR) is 282 cm³/mol. The van der Waals surface area contributed by atoms with E-state index in [9.17, 15) is 28.8 Å². The smallest absolute Gasteiger partial charge is 0.409 e. The van der Waals surface area contributed by atoms with Gasteiger partial charge in [0.2, 0.25) is 0 Å². The molecular weight excluding hydrogens is 1050 g/mol. The molecule has 0 aliphatic carbocycles. The molecule has 6 rings (SSSR count). The fourth-order valence-corrected chi connectivity index (χ4v) is 11.9. The summed E-state index contributed by atoms with van der Waals surface area (Å²) >= 11 is 0. The van der Waals surface area contributed by atoms with E-state index in [0.29, 0.717) is 11.5 Å². The minimum atomic E-state index is -4.36. The molecule has 0 bridgehead atoms. The van der Waals surface area contributed by atoms with E-state index in [4.69, 9.17) is 61.2 Å². The highest BCUT2D eigenvalue weighted by Gasteiger charge is 2.53. The highest BCUT2D eigenvalue weighted by molar-refractivity contribution is 7.51. The predicted octanol–water partition coefficient (Wildman–Crippen LogP) is 5.90. The van der Waals surface area contributed by atoms with Crippen LogP contribution >= 0.6 is 7.75 Å². The Labute approximate surface area is 458 Å². The maximum absolute atomic E-state index is 15.6. The van der Waals surface area contributed by atoms with E-state index in [0.717, 1.165) is 44.4 Å². The normalized spacial score (nSPS) is 22.1. The van der Waals surface area contributed by atoms with Crippen molar-refractivity contribution in [1.82, 2.24) is 14.2 Å². The first kappa shape index (κ1) is 61.9. The van der Waals surface area contributed by atoms with Crippen LogP contribution in [-0.2, 0) is 81.0 Å². The summed E-state index contributed by atoms with van der Waals surface area (Å²) in [7, 11) is -1.20. The third-order valence-electron chi connectivity index (χ3n) is 12.8. The number of aryl methyl sites for hydroxylation is 1. The molecule has 79 heavy (non-hydrogen) atoms. The molecule has 2 aliphatic heterocycles. The van der Waals surface area contributed by atoms with Crippen molar-refractivity contribution in [2.24, 2.45) is 0 Å². The van der Waals surface area contributed by atoms with Crippen molar-refractivity contribution < 1.29 is 84.9 Å². The number of benzene rings is 3. The molecule has 432 valence electrons. The molecule has 2 aliphatic rings. The zero-order chi connectivity index (χ0) is 57.6. The minimum Gasteiger partial charge on any atom is -0.497 e. The Morgan fingerprint density at radius 2 is 1.24 bits per heavy atom. The quantitative estimate of drug-likeness (QED) is 0.0239. The minimum absolute atomic E-state index is 0.0344. The molecule has 0 spiro atoms. The second-order valence-electron chi connectivity index (χ2n) is 19.2. The molecule has 0 amide bonds. The van der Waals surface area contributed by atoms with Gasteiger partial charge in [0.25, 0.3) is 5.56 Å². The molecule has 0 radical (unpaired) electrons. The van der Waals surface area contributed by atoms with Crippen LogP contribution in [0, 0.1) is 6.92 Å². The Morgan fingerprint density at radius 1 is 0.696 bits per heavy atom. The summed E-state index contributed by atoms with van der Waals surface area (Å²) in [6, 6.07) is 23.7. The van der Waals surface area contributed by atoms with E-state index in [1.165, 1.54) is 10.8 Å². The highest BCUT2D eigenvalue weighted by Crippen LogP contribution is 2.57.